The van der Waals surface area contributed by atoms with Crippen LogP contribution in [0.25, 0.3) is 0 Å². The molecule has 0 saturated heterocycles. The lowest BCUT2D eigenvalue weighted by atomic mass is 9.31. The summed E-state index contributed by atoms with van der Waals surface area (Å²) in [5.41, 5.74) is -1.42. The molecule has 5 heteroatoms. The summed E-state index contributed by atoms with van der Waals surface area (Å²) in [5.74, 6) is 0.324. The van der Waals surface area contributed by atoms with E-state index >= 15 is 0 Å². The molecule has 5 nitrogen and oxygen atoms in total. The molecule has 204 valence electrons. The van der Waals surface area contributed by atoms with E-state index in [1.165, 1.54) is 0 Å². The van der Waals surface area contributed by atoms with Gasteiger partial charge in [-0.15, -0.1) is 0 Å². The van der Waals surface area contributed by atoms with Crippen LogP contribution in [0.2, 0.25) is 0 Å². The van der Waals surface area contributed by atoms with Crippen molar-refractivity contribution in [1.29, 1.82) is 5.26 Å². The highest BCUT2D eigenvalue weighted by atomic mass is 16.3. The first-order chi connectivity index (χ1) is 17.0. The second-order valence-corrected chi connectivity index (χ2v) is 15.6. The lowest BCUT2D eigenvalue weighted by molar-refractivity contribution is -0.236. The average Bonchev–Trinajstić information content (AvgIpc) is 2.82. The number of carbonyl (C=O) groups is 2. The summed E-state index contributed by atoms with van der Waals surface area (Å²) in [4.78, 5) is 27.7. The zero-order valence-electron chi connectivity index (χ0n) is 24.0. The SMILES string of the molecule is CC1(C)CC[C@]2([C@@H](O)CO)CC[C@]3(C)[C@H](C(=O)C[C@@H]4[C@@]5(C)C=C(C#N)C(=O)C(C)(C)[C@@H]5CC[C@]43C)[C@@H]2C1. The van der Waals surface area contributed by atoms with Gasteiger partial charge >= 0.3 is 0 Å². The highest BCUT2D eigenvalue weighted by molar-refractivity contribution is 6.04. The maximum atomic E-state index is 14.4. The second kappa shape index (κ2) is 8.01. The van der Waals surface area contributed by atoms with Gasteiger partial charge in [0.25, 0.3) is 0 Å². The Bertz CT molecular complexity index is 1100. The minimum Gasteiger partial charge on any atom is -0.394 e. The van der Waals surface area contributed by atoms with Crippen LogP contribution in [0.1, 0.15) is 99.8 Å². The first-order valence-corrected chi connectivity index (χ1v) is 14.5. The molecule has 0 bridgehead atoms. The Balaban J connectivity index is 1.64. The number of fused-ring (bicyclic) bond motifs is 7. The van der Waals surface area contributed by atoms with Crippen molar-refractivity contribution in [2.75, 3.05) is 6.61 Å². The predicted molar refractivity (Wildman–Crippen MR) is 142 cm³/mol. The molecule has 0 unspecified atom stereocenters. The zero-order valence-corrected chi connectivity index (χ0v) is 24.0. The Labute approximate surface area is 223 Å². The van der Waals surface area contributed by atoms with Crippen LogP contribution in [-0.4, -0.2) is 34.5 Å². The molecule has 0 radical (unpaired) electrons. The standard InChI is InChI=1S/C32H47NO4/c1-27(2)10-12-32(24(36)18-34)13-11-31(7)25(20(32)16-27)21(35)14-23-29(5)15-19(17-33)26(37)28(3,4)22(29)8-9-30(23,31)6/h15,20,22-25,34,36H,8-14,16,18H2,1-7H3/t20-,22-,23+,24-,25-,29-,30+,31+,32-/m0/s1. The molecule has 0 heterocycles. The summed E-state index contributed by atoms with van der Waals surface area (Å²) < 4.78 is 0. The molecule has 5 aliphatic carbocycles. The fourth-order valence-corrected chi connectivity index (χ4v) is 11.1. The number of Topliss-reactive ketones (excluding diaryl/α,β-unsaturated/α-hetero) is 2. The van der Waals surface area contributed by atoms with Crippen LogP contribution in [-0.2, 0) is 9.59 Å². The van der Waals surface area contributed by atoms with Crippen LogP contribution in [0.15, 0.2) is 11.6 Å². The van der Waals surface area contributed by atoms with Gasteiger partial charge in [-0.05, 0) is 84.4 Å². The van der Waals surface area contributed by atoms with E-state index < -0.39 is 22.3 Å². The largest absolute Gasteiger partial charge is 0.394 e. The van der Waals surface area contributed by atoms with Crippen molar-refractivity contribution in [3.05, 3.63) is 11.6 Å². The second-order valence-electron chi connectivity index (χ2n) is 15.6. The van der Waals surface area contributed by atoms with Crippen LogP contribution in [0.5, 0.6) is 0 Å². The molecule has 0 aliphatic heterocycles. The van der Waals surface area contributed by atoms with Crippen molar-refractivity contribution in [2.45, 2.75) is 106 Å². The number of aliphatic hydroxyl groups is 2. The fraction of sp³-hybridized carbons (Fsp3) is 0.844. The van der Waals surface area contributed by atoms with Crippen molar-refractivity contribution in [1.82, 2.24) is 0 Å². The molecule has 4 fully saturated rings. The molecule has 0 spiro atoms. The van der Waals surface area contributed by atoms with Gasteiger partial charge in [-0.25, -0.2) is 0 Å². The number of carbonyl (C=O) groups excluding carboxylic acids is 2. The van der Waals surface area contributed by atoms with E-state index in [0.29, 0.717) is 12.2 Å². The summed E-state index contributed by atoms with van der Waals surface area (Å²) in [7, 11) is 0. The molecule has 37 heavy (non-hydrogen) atoms. The first kappa shape index (κ1) is 27.1. The van der Waals surface area contributed by atoms with E-state index in [2.05, 4.69) is 40.7 Å². The van der Waals surface area contributed by atoms with Gasteiger partial charge in [0.05, 0.1) is 18.3 Å². The quantitative estimate of drug-likeness (QED) is 0.502. The molecule has 5 aliphatic rings. The number of nitriles is 1. The highest BCUT2D eigenvalue weighted by Crippen LogP contribution is 2.76. The molecule has 0 amide bonds. The number of ketones is 2. The molecule has 0 aromatic heterocycles. The van der Waals surface area contributed by atoms with Gasteiger partial charge in [0.15, 0.2) is 5.78 Å². The first-order valence-electron chi connectivity index (χ1n) is 14.5. The van der Waals surface area contributed by atoms with Crippen molar-refractivity contribution < 1.29 is 19.8 Å². The van der Waals surface area contributed by atoms with E-state index in [4.69, 9.17) is 0 Å². The van der Waals surface area contributed by atoms with E-state index in [0.717, 1.165) is 44.9 Å². The van der Waals surface area contributed by atoms with E-state index in [1.54, 1.807) is 0 Å². The van der Waals surface area contributed by atoms with E-state index in [-0.39, 0.29) is 57.9 Å². The van der Waals surface area contributed by atoms with Gasteiger partial charge in [-0.2, -0.15) is 5.26 Å². The van der Waals surface area contributed by atoms with E-state index in [1.807, 2.05) is 19.9 Å². The molecule has 0 aromatic rings. The molecular weight excluding hydrogens is 462 g/mol. The van der Waals surface area contributed by atoms with Crippen molar-refractivity contribution in [3.8, 4) is 6.07 Å². The van der Waals surface area contributed by atoms with Gasteiger partial charge in [0.1, 0.15) is 11.9 Å². The maximum absolute atomic E-state index is 14.4. The summed E-state index contributed by atoms with van der Waals surface area (Å²) >= 11 is 0. The zero-order chi connectivity index (χ0) is 27.4. The van der Waals surface area contributed by atoms with Crippen LogP contribution < -0.4 is 0 Å². The molecule has 2 N–H and O–H groups in total. The van der Waals surface area contributed by atoms with Crippen molar-refractivity contribution in [3.63, 3.8) is 0 Å². The minimum absolute atomic E-state index is 0.0579. The third-order valence-corrected chi connectivity index (χ3v) is 13.4. The van der Waals surface area contributed by atoms with Gasteiger partial charge in [-0.1, -0.05) is 54.5 Å². The Morgan fingerprint density at radius 3 is 2.24 bits per heavy atom. The van der Waals surface area contributed by atoms with Gasteiger partial charge in [-0.3, -0.25) is 9.59 Å². The summed E-state index contributed by atoms with van der Waals surface area (Å²) in [5, 5.41) is 31.2. The molecule has 4 saturated carbocycles. The summed E-state index contributed by atoms with van der Waals surface area (Å²) in [6.07, 6.45) is 7.96. The molecule has 5 rings (SSSR count). The molecule has 9 atom stereocenters. The van der Waals surface area contributed by atoms with Gasteiger partial charge < -0.3 is 10.2 Å². The smallest absolute Gasteiger partial charge is 0.178 e. The third kappa shape index (κ3) is 3.27. The monoisotopic (exact) mass is 509 g/mol. The number of rotatable bonds is 2. The number of aliphatic hydroxyl groups excluding tert-OH is 2. The van der Waals surface area contributed by atoms with E-state index in [9.17, 15) is 25.1 Å². The molecular formula is C32H47NO4. The lowest BCUT2D eigenvalue weighted by Crippen LogP contribution is -2.69. The topological polar surface area (TPSA) is 98.4 Å². The number of nitrogens with zero attached hydrogens (tertiary/aromatic N) is 1. The van der Waals surface area contributed by atoms with Crippen LogP contribution >= 0.6 is 0 Å². The Kier molecular flexibility index (Phi) is 5.86. The highest BCUT2D eigenvalue weighted by Gasteiger charge is 2.72. The predicted octanol–water partition coefficient (Wildman–Crippen LogP) is 5.64. The molecule has 0 aromatic carbocycles. The van der Waals surface area contributed by atoms with Crippen LogP contribution in [0.3, 0.4) is 0 Å². The van der Waals surface area contributed by atoms with Crippen LogP contribution in [0.4, 0.5) is 0 Å². The summed E-state index contributed by atoms with van der Waals surface area (Å²) in [6.45, 7) is 15.3. The fourth-order valence-electron chi connectivity index (χ4n) is 11.1. The lowest BCUT2D eigenvalue weighted by Gasteiger charge is -2.72. The van der Waals surface area contributed by atoms with Crippen LogP contribution in [0, 0.1) is 67.5 Å². The number of hydrogen-bond acceptors (Lipinski definition) is 5. The van der Waals surface area contributed by atoms with Gasteiger partial charge in [0.2, 0.25) is 0 Å². The maximum Gasteiger partial charge on any atom is 0.178 e. The Morgan fingerprint density at radius 1 is 0.973 bits per heavy atom. The van der Waals surface area contributed by atoms with Crippen molar-refractivity contribution in [2.24, 2.45) is 56.2 Å². The Hall–Kier alpha value is -1.51. The Morgan fingerprint density at radius 2 is 1.62 bits per heavy atom. The third-order valence-electron chi connectivity index (χ3n) is 13.4. The van der Waals surface area contributed by atoms with Crippen molar-refractivity contribution >= 4 is 11.6 Å². The number of allylic oxidation sites excluding steroid dienone is 2. The van der Waals surface area contributed by atoms with Gasteiger partial charge in [0, 0.05) is 23.2 Å². The average molecular weight is 510 g/mol. The minimum atomic E-state index is -0.795. The summed E-state index contributed by atoms with van der Waals surface area (Å²) in [6, 6.07) is 2.20. The normalized spacial score (nSPS) is 48.9. The number of hydrogen-bond donors (Lipinski definition) is 2.